The number of benzene rings is 1. The molecule has 1 aromatic heterocycles. The minimum Gasteiger partial charge on any atom is -0.496 e. The molecule has 2 aromatic rings. The third kappa shape index (κ3) is 3.03. The number of aryl methyl sites for hydroxylation is 1. The van der Waals surface area contributed by atoms with E-state index in [1.807, 2.05) is 25.1 Å². The molecule has 2 rings (SSSR count). The van der Waals surface area contributed by atoms with E-state index in [1.165, 1.54) is 0 Å². The summed E-state index contributed by atoms with van der Waals surface area (Å²) in [7, 11) is 1.57. The number of methoxy groups -OCH3 is 1. The number of aromatic nitrogens is 1. The third-order valence-corrected chi connectivity index (χ3v) is 2.78. The molecule has 1 N–H and O–H groups in total. The van der Waals surface area contributed by atoms with Crippen molar-refractivity contribution >= 4 is 0 Å². The number of hydrogen-bond donors (Lipinski definition) is 1. The minimum atomic E-state index is -0.676. The van der Waals surface area contributed by atoms with Gasteiger partial charge in [-0.05, 0) is 38.1 Å². The van der Waals surface area contributed by atoms with E-state index < -0.39 is 6.10 Å². The molecule has 0 aliphatic heterocycles. The van der Waals surface area contributed by atoms with Gasteiger partial charge >= 0.3 is 0 Å². The molecule has 4 nitrogen and oxygen atoms in total. The van der Waals surface area contributed by atoms with Crippen molar-refractivity contribution in [3.05, 3.63) is 47.8 Å². The molecule has 0 saturated heterocycles. The van der Waals surface area contributed by atoms with Crippen LogP contribution in [0.25, 0.3) is 0 Å². The predicted octanol–water partition coefficient (Wildman–Crippen LogP) is 3.24. The van der Waals surface area contributed by atoms with Crippen LogP contribution in [0.15, 0.2) is 36.5 Å². The summed E-state index contributed by atoms with van der Waals surface area (Å²) in [6.45, 7) is 3.59. The van der Waals surface area contributed by atoms with Gasteiger partial charge in [0, 0.05) is 5.69 Å². The molecule has 0 amide bonds. The maximum Gasteiger partial charge on any atom is 0.145 e. The molecular formula is C15H17NO3. The van der Waals surface area contributed by atoms with Gasteiger partial charge in [-0.1, -0.05) is 6.07 Å². The maximum absolute atomic E-state index is 9.86. The summed E-state index contributed by atoms with van der Waals surface area (Å²) < 4.78 is 11.0. The topological polar surface area (TPSA) is 51.6 Å². The van der Waals surface area contributed by atoms with Gasteiger partial charge in [-0.3, -0.25) is 4.98 Å². The number of rotatable bonds is 4. The molecule has 0 fully saturated rings. The van der Waals surface area contributed by atoms with E-state index in [4.69, 9.17) is 9.47 Å². The van der Waals surface area contributed by atoms with Gasteiger partial charge in [-0.2, -0.15) is 0 Å². The fraction of sp³-hybridized carbons (Fsp3) is 0.267. The molecule has 0 radical (unpaired) electrons. The molecule has 0 aliphatic carbocycles. The van der Waals surface area contributed by atoms with E-state index in [-0.39, 0.29) is 0 Å². The zero-order valence-corrected chi connectivity index (χ0v) is 11.3. The summed E-state index contributed by atoms with van der Waals surface area (Å²) in [5.41, 5.74) is 1.55. The summed E-state index contributed by atoms with van der Waals surface area (Å²) in [5.74, 6) is 1.80. The molecule has 1 aromatic carbocycles. The normalized spacial score (nSPS) is 12.0. The van der Waals surface area contributed by atoms with E-state index in [0.29, 0.717) is 22.8 Å². The van der Waals surface area contributed by atoms with Gasteiger partial charge in [0.05, 0.1) is 25.0 Å². The average molecular weight is 259 g/mol. The molecule has 0 bridgehead atoms. The Hall–Kier alpha value is -2.07. The highest BCUT2D eigenvalue weighted by Gasteiger charge is 2.15. The molecular weight excluding hydrogens is 242 g/mol. The summed E-state index contributed by atoms with van der Waals surface area (Å²) in [5, 5.41) is 9.86. The van der Waals surface area contributed by atoms with Crippen LogP contribution < -0.4 is 9.47 Å². The molecule has 1 atom stereocenters. The van der Waals surface area contributed by atoms with E-state index >= 15 is 0 Å². The van der Waals surface area contributed by atoms with Crippen LogP contribution in [0.1, 0.15) is 24.3 Å². The SMILES string of the molecule is COc1cccc(Oc2ccc(C)nc2)c1[C@@H](C)O. The molecule has 4 heteroatoms. The van der Waals surface area contributed by atoms with Crippen molar-refractivity contribution in [3.63, 3.8) is 0 Å². The Morgan fingerprint density at radius 2 is 1.89 bits per heavy atom. The lowest BCUT2D eigenvalue weighted by Gasteiger charge is -2.16. The zero-order valence-electron chi connectivity index (χ0n) is 11.3. The second-order valence-electron chi connectivity index (χ2n) is 4.29. The van der Waals surface area contributed by atoms with Gasteiger partial charge in [-0.15, -0.1) is 0 Å². The fourth-order valence-corrected chi connectivity index (χ4v) is 1.84. The molecule has 0 unspecified atom stereocenters. The largest absolute Gasteiger partial charge is 0.496 e. The van der Waals surface area contributed by atoms with Crippen molar-refractivity contribution in [3.8, 4) is 17.2 Å². The van der Waals surface area contributed by atoms with Crippen molar-refractivity contribution in [1.82, 2.24) is 4.98 Å². The van der Waals surface area contributed by atoms with Crippen LogP contribution in [0, 0.1) is 6.92 Å². The van der Waals surface area contributed by atoms with Gasteiger partial charge in [0.1, 0.15) is 17.2 Å². The molecule has 1 heterocycles. The van der Waals surface area contributed by atoms with Gasteiger partial charge in [0.25, 0.3) is 0 Å². The molecule has 0 aliphatic rings. The van der Waals surface area contributed by atoms with Gasteiger partial charge in [-0.25, -0.2) is 0 Å². The first-order valence-electron chi connectivity index (χ1n) is 6.07. The number of ether oxygens (including phenoxy) is 2. The van der Waals surface area contributed by atoms with Gasteiger partial charge in [0.15, 0.2) is 0 Å². The molecule has 100 valence electrons. The lowest BCUT2D eigenvalue weighted by Crippen LogP contribution is -2.00. The number of hydrogen-bond acceptors (Lipinski definition) is 4. The average Bonchev–Trinajstić information content (AvgIpc) is 2.40. The minimum absolute atomic E-state index is 0.569. The molecule has 0 saturated carbocycles. The maximum atomic E-state index is 9.86. The van der Waals surface area contributed by atoms with Crippen molar-refractivity contribution in [2.75, 3.05) is 7.11 Å². The Kier molecular flexibility index (Phi) is 4.02. The lowest BCUT2D eigenvalue weighted by atomic mass is 10.1. The predicted molar refractivity (Wildman–Crippen MR) is 72.7 cm³/mol. The second kappa shape index (κ2) is 5.71. The van der Waals surface area contributed by atoms with Gasteiger partial charge in [0.2, 0.25) is 0 Å². The summed E-state index contributed by atoms with van der Waals surface area (Å²) in [6.07, 6.45) is 0.977. The first kappa shape index (κ1) is 13.4. The van der Waals surface area contributed by atoms with Crippen molar-refractivity contribution in [2.24, 2.45) is 0 Å². The fourth-order valence-electron chi connectivity index (χ4n) is 1.84. The number of pyridine rings is 1. The first-order valence-corrected chi connectivity index (χ1v) is 6.07. The highest BCUT2D eigenvalue weighted by atomic mass is 16.5. The highest BCUT2D eigenvalue weighted by molar-refractivity contribution is 5.47. The second-order valence-corrected chi connectivity index (χ2v) is 4.29. The van der Waals surface area contributed by atoms with Gasteiger partial charge < -0.3 is 14.6 Å². The highest BCUT2D eigenvalue weighted by Crippen LogP contribution is 2.36. The van der Waals surface area contributed by atoms with Crippen LogP contribution in [-0.4, -0.2) is 17.2 Å². The van der Waals surface area contributed by atoms with E-state index in [1.54, 1.807) is 32.4 Å². The summed E-state index contributed by atoms with van der Waals surface area (Å²) in [6, 6.07) is 9.12. The number of nitrogens with zero attached hydrogens (tertiary/aromatic N) is 1. The van der Waals surface area contributed by atoms with E-state index in [0.717, 1.165) is 5.69 Å². The van der Waals surface area contributed by atoms with Crippen LogP contribution in [0.3, 0.4) is 0 Å². The van der Waals surface area contributed by atoms with Crippen molar-refractivity contribution < 1.29 is 14.6 Å². The van der Waals surface area contributed by atoms with Crippen LogP contribution in [0.5, 0.6) is 17.2 Å². The Morgan fingerprint density at radius 3 is 2.47 bits per heavy atom. The van der Waals surface area contributed by atoms with Crippen LogP contribution in [0.2, 0.25) is 0 Å². The summed E-state index contributed by atoms with van der Waals surface area (Å²) >= 11 is 0. The lowest BCUT2D eigenvalue weighted by molar-refractivity contribution is 0.190. The first-order chi connectivity index (χ1) is 9.11. The monoisotopic (exact) mass is 259 g/mol. The van der Waals surface area contributed by atoms with E-state index in [9.17, 15) is 5.11 Å². The third-order valence-electron chi connectivity index (χ3n) is 2.78. The Balaban J connectivity index is 2.36. The van der Waals surface area contributed by atoms with Crippen LogP contribution in [-0.2, 0) is 0 Å². The quantitative estimate of drug-likeness (QED) is 0.915. The Labute approximate surface area is 112 Å². The van der Waals surface area contributed by atoms with Crippen molar-refractivity contribution in [1.29, 1.82) is 0 Å². The summed E-state index contributed by atoms with van der Waals surface area (Å²) in [4.78, 5) is 4.17. The smallest absolute Gasteiger partial charge is 0.145 e. The molecule has 0 spiro atoms. The number of aliphatic hydroxyl groups excluding tert-OH is 1. The van der Waals surface area contributed by atoms with E-state index in [2.05, 4.69) is 4.98 Å². The standard InChI is InChI=1S/C15H17NO3/c1-10-7-8-12(9-16-10)19-14-6-4-5-13(18-3)15(14)11(2)17/h4-9,11,17H,1-3H3/t11-/m1/s1. The number of aliphatic hydroxyl groups is 1. The van der Waals surface area contributed by atoms with Crippen LogP contribution in [0.4, 0.5) is 0 Å². The Bertz CT molecular complexity index is 550. The van der Waals surface area contributed by atoms with Crippen molar-refractivity contribution in [2.45, 2.75) is 20.0 Å². The zero-order chi connectivity index (χ0) is 13.8. The molecule has 19 heavy (non-hydrogen) atoms. The van der Waals surface area contributed by atoms with Crippen LogP contribution >= 0.6 is 0 Å². The Morgan fingerprint density at radius 1 is 1.16 bits per heavy atom.